The minimum absolute atomic E-state index is 0.199. The molecule has 0 bridgehead atoms. The molecule has 3 aromatic rings. The van der Waals surface area contributed by atoms with Crippen molar-refractivity contribution in [3.63, 3.8) is 0 Å². The Hall–Kier alpha value is -2.71. The number of nitrogens with zero attached hydrogens (tertiary/aromatic N) is 1. The molecule has 0 fully saturated rings. The fraction of sp³-hybridized carbons (Fsp3) is 0.118. The van der Waals surface area contributed by atoms with Gasteiger partial charge in [0.05, 0.1) is 19.8 Å². The van der Waals surface area contributed by atoms with Crippen LogP contribution < -0.4 is 9.47 Å². The van der Waals surface area contributed by atoms with Crippen LogP contribution in [-0.2, 0) is 4.74 Å². The van der Waals surface area contributed by atoms with Crippen LogP contribution in [0.4, 0.5) is 0 Å². The summed E-state index contributed by atoms with van der Waals surface area (Å²) in [4.78, 5) is 28.2. The zero-order valence-corrected chi connectivity index (χ0v) is 15.0. The Morgan fingerprint density at radius 3 is 2.56 bits per heavy atom. The van der Waals surface area contributed by atoms with Crippen molar-refractivity contribution in [1.82, 2.24) is 4.98 Å². The highest BCUT2D eigenvalue weighted by Gasteiger charge is 2.18. The van der Waals surface area contributed by atoms with E-state index in [2.05, 4.69) is 9.72 Å². The van der Waals surface area contributed by atoms with Crippen molar-refractivity contribution in [3.05, 3.63) is 51.7 Å². The van der Waals surface area contributed by atoms with Crippen LogP contribution in [0.15, 0.2) is 40.4 Å². The van der Waals surface area contributed by atoms with Crippen LogP contribution in [0.1, 0.15) is 20.8 Å². The molecule has 0 aliphatic rings. The summed E-state index contributed by atoms with van der Waals surface area (Å²) in [5.74, 6) is -0.646. The van der Waals surface area contributed by atoms with Crippen molar-refractivity contribution in [2.45, 2.75) is 0 Å². The molecule has 0 unspecified atom stereocenters. The van der Waals surface area contributed by atoms with Crippen LogP contribution in [0.3, 0.4) is 0 Å². The Morgan fingerprint density at radius 2 is 1.88 bits per heavy atom. The zero-order chi connectivity index (χ0) is 17.8. The van der Waals surface area contributed by atoms with E-state index in [0.717, 1.165) is 10.6 Å². The van der Waals surface area contributed by atoms with Crippen LogP contribution in [0.5, 0.6) is 11.5 Å². The SMILES string of the molecule is COC(=O)c1ccc(OC(=O)c2csc(-c3ccsc3)n2)c(OC)c1. The quantitative estimate of drug-likeness (QED) is 0.498. The lowest BCUT2D eigenvalue weighted by Crippen LogP contribution is -2.10. The molecule has 2 heterocycles. The van der Waals surface area contributed by atoms with E-state index < -0.39 is 11.9 Å². The second kappa shape index (κ2) is 7.45. The minimum atomic E-state index is -0.596. The van der Waals surface area contributed by atoms with Crippen molar-refractivity contribution >= 4 is 34.6 Å². The van der Waals surface area contributed by atoms with Gasteiger partial charge in [-0.2, -0.15) is 11.3 Å². The Morgan fingerprint density at radius 1 is 1.04 bits per heavy atom. The molecule has 3 rings (SSSR count). The van der Waals surface area contributed by atoms with Gasteiger partial charge in [-0.05, 0) is 29.6 Å². The molecule has 0 atom stereocenters. The van der Waals surface area contributed by atoms with Crippen LogP contribution in [0.25, 0.3) is 10.6 Å². The standard InChI is InChI=1S/C17H13NO5S2/c1-21-14-7-10(16(19)22-2)3-4-13(14)23-17(20)12-9-25-15(18-12)11-5-6-24-8-11/h3-9H,1-2H3. The van der Waals surface area contributed by atoms with E-state index in [1.165, 1.54) is 43.8 Å². The number of esters is 2. The largest absolute Gasteiger partial charge is 0.493 e. The number of hydrogen-bond donors (Lipinski definition) is 0. The molecule has 1 aromatic carbocycles. The summed E-state index contributed by atoms with van der Waals surface area (Å²) >= 11 is 2.93. The second-order valence-electron chi connectivity index (χ2n) is 4.80. The Labute approximate surface area is 151 Å². The lowest BCUT2D eigenvalue weighted by molar-refractivity contribution is 0.0600. The lowest BCUT2D eigenvalue weighted by atomic mass is 10.2. The molecular weight excluding hydrogens is 362 g/mol. The summed E-state index contributed by atoms with van der Waals surface area (Å²) in [6.45, 7) is 0. The third kappa shape index (κ3) is 3.70. The highest BCUT2D eigenvalue weighted by Crippen LogP contribution is 2.30. The van der Waals surface area contributed by atoms with Gasteiger partial charge in [0.15, 0.2) is 17.2 Å². The van der Waals surface area contributed by atoms with Crippen LogP contribution in [0, 0.1) is 0 Å². The third-order valence-electron chi connectivity index (χ3n) is 3.27. The second-order valence-corrected chi connectivity index (χ2v) is 6.43. The average Bonchev–Trinajstić information content (AvgIpc) is 3.32. The van der Waals surface area contributed by atoms with Crippen molar-refractivity contribution in [2.75, 3.05) is 14.2 Å². The maximum absolute atomic E-state index is 12.3. The van der Waals surface area contributed by atoms with Crippen LogP contribution in [-0.4, -0.2) is 31.1 Å². The van der Waals surface area contributed by atoms with E-state index in [1.807, 2.05) is 16.8 Å². The molecule has 2 aromatic heterocycles. The number of thiophene rings is 1. The molecule has 0 radical (unpaired) electrons. The first-order valence-corrected chi connectivity index (χ1v) is 8.91. The molecule has 0 N–H and O–H groups in total. The normalized spacial score (nSPS) is 10.3. The lowest BCUT2D eigenvalue weighted by Gasteiger charge is -2.09. The molecule has 0 saturated heterocycles. The molecule has 25 heavy (non-hydrogen) atoms. The van der Waals surface area contributed by atoms with Crippen molar-refractivity contribution in [3.8, 4) is 22.1 Å². The van der Waals surface area contributed by atoms with Crippen molar-refractivity contribution < 1.29 is 23.8 Å². The molecule has 0 spiro atoms. The predicted molar refractivity (Wildman–Crippen MR) is 94.7 cm³/mol. The summed E-state index contributed by atoms with van der Waals surface area (Å²) in [5.41, 5.74) is 1.48. The minimum Gasteiger partial charge on any atom is -0.493 e. The van der Waals surface area contributed by atoms with E-state index in [1.54, 1.807) is 16.7 Å². The first kappa shape index (κ1) is 17.1. The Kier molecular flexibility index (Phi) is 5.11. The van der Waals surface area contributed by atoms with Crippen molar-refractivity contribution in [2.24, 2.45) is 0 Å². The molecule has 0 aliphatic carbocycles. The van der Waals surface area contributed by atoms with E-state index in [9.17, 15) is 9.59 Å². The van der Waals surface area contributed by atoms with E-state index in [0.29, 0.717) is 5.56 Å². The van der Waals surface area contributed by atoms with Gasteiger partial charge in [-0.15, -0.1) is 11.3 Å². The van der Waals surface area contributed by atoms with Crippen LogP contribution >= 0.6 is 22.7 Å². The molecule has 0 amide bonds. The number of carbonyl (C=O) groups is 2. The molecule has 0 aliphatic heterocycles. The van der Waals surface area contributed by atoms with Gasteiger partial charge >= 0.3 is 11.9 Å². The van der Waals surface area contributed by atoms with Gasteiger partial charge in [0.25, 0.3) is 0 Å². The van der Waals surface area contributed by atoms with E-state index in [-0.39, 0.29) is 17.2 Å². The average molecular weight is 375 g/mol. The Balaban J connectivity index is 1.80. The molecule has 8 heteroatoms. The number of hydrogen-bond acceptors (Lipinski definition) is 8. The van der Waals surface area contributed by atoms with Crippen LogP contribution in [0.2, 0.25) is 0 Å². The number of rotatable bonds is 5. The van der Waals surface area contributed by atoms with Gasteiger partial charge in [0.2, 0.25) is 0 Å². The first-order valence-electron chi connectivity index (χ1n) is 7.09. The molecular formula is C17H13NO5S2. The van der Waals surface area contributed by atoms with Gasteiger partial charge < -0.3 is 14.2 Å². The smallest absolute Gasteiger partial charge is 0.363 e. The topological polar surface area (TPSA) is 74.7 Å². The number of carbonyl (C=O) groups excluding carboxylic acids is 2. The third-order valence-corrected chi connectivity index (χ3v) is 4.84. The summed E-state index contributed by atoms with van der Waals surface area (Å²) < 4.78 is 15.2. The number of aromatic nitrogens is 1. The predicted octanol–water partition coefficient (Wildman–Crippen LogP) is 3.89. The fourth-order valence-corrected chi connectivity index (χ4v) is 3.54. The van der Waals surface area contributed by atoms with Gasteiger partial charge in [-0.3, -0.25) is 0 Å². The fourth-order valence-electron chi connectivity index (χ4n) is 2.04. The number of thiazole rings is 1. The zero-order valence-electron chi connectivity index (χ0n) is 13.3. The molecule has 6 nitrogen and oxygen atoms in total. The Bertz CT molecular complexity index is 902. The van der Waals surface area contributed by atoms with Gasteiger partial charge in [0, 0.05) is 16.3 Å². The number of methoxy groups -OCH3 is 2. The maximum atomic E-state index is 12.3. The molecule has 0 saturated carbocycles. The van der Waals surface area contributed by atoms with E-state index in [4.69, 9.17) is 9.47 Å². The molecule has 128 valence electrons. The van der Waals surface area contributed by atoms with E-state index >= 15 is 0 Å². The summed E-state index contributed by atoms with van der Waals surface area (Å²) in [6.07, 6.45) is 0. The number of ether oxygens (including phenoxy) is 3. The highest BCUT2D eigenvalue weighted by atomic mass is 32.1. The van der Waals surface area contributed by atoms with Gasteiger partial charge in [-0.25, -0.2) is 14.6 Å². The van der Waals surface area contributed by atoms with Gasteiger partial charge in [-0.1, -0.05) is 0 Å². The van der Waals surface area contributed by atoms with Gasteiger partial charge in [0.1, 0.15) is 5.01 Å². The van der Waals surface area contributed by atoms with Crippen molar-refractivity contribution in [1.29, 1.82) is 0 Å². The maximum Gasteiger partial charge on any atom is 0.363 e. The summed E-state index contributed by atoms with van der Waals surface area (Å²) in [6, 6.07) is 6.36. The monoisotopic (exact) mass is 375 g/mol. The highest BCUT2D eigenvalue weighted by molar-refractivity contribution is 7.14. The summed E-state index contributed by atoms with van der Waals surface area (Å²) in [7, 11) is 2.71. The number of benzene rings is 1. The first-order chi connectivity index (χ1) is 12.1. The summed E-state index contributed by atoms with van der Waals surface area (Å²) in [5, 5.41) is 6.30.